The Bertz CT molecular complexity index is 371. The first-order chi connectivity index (χ1) is 7.55. The van der Waals surface area contributed by atoms with Gasteiger partial charge in [0.1, 0.15) is 8.24 Å². The lowest BCUT2D eigenvalue weighted by molar-refractivity contribution is 1.28. The van der Waals surface area contributed by atoms with Gasteiger partial charge in [0.2, 0.25) is 7.55 Å². The molecule has 0 heterocycles. The van der Waals surface area contributed by atoms with Crippen LogP contribution in [0.5, 0.6) is 0 Å². The summed E-state index contributed by atoms with van der Waals surface area (Å²) in [5.41, 5.74) is 4.06. The van der Waals surface area contributed by atoms with Gasteiger partial charge in [-0.05, 0) is 38.1 Å². The molecule has 0 aliphatic heterocycles. The molecule has 0 aliphatic carbocycles. The summed E-state index contributed by atoms with van der Waals surface area (Å²) in [5, 5.41) is 0. The van der Waals surface area contributed by atoms with Crippen LogP contribution >= 0.6 is 11.1 Å². The van der Waals surface area contributed by atoms with Crippen LogP contribution in [-0.4, -0.2) is 15.8 Å². The second kappa shape index (κ2) is 4.78. The molecule has 0 radical (unpaired) electrons. The Kier molecular flexibility index (Phi) is 4.17. The fourth-order valence-electron chi connectivity index (χ4n) is 2.56. The van der Waals surface area contributed by atoms with Gasteiger partial charge in [0, 0.05) is 5.69 Å². The molecule has 0 saturated carbocycles. The van der Waals surface area contributed by atoms with Crippen molar-refractivity contribution >= 4 is 32.5 Å². The fraction of sp³-hybridized carbons (Fsp3) is 0.538. The van der Waals surface area contributed by atoms with E-state index in [4.69, 9.17) is 11.1 Å². The van der Waals surface area contributed by atoms with E-state index in [1.807, 2.05) is 0 Å². The zero-order valence-electron chi connectivity index (χ0n) is 12.1. The number of benzene rings is 1. The molecule has 96 valence electrons. The fourth-order valence-corrected chi connectivity index (χ4v) is 13.4. The number of nitrogens with zero attached hydrogens (tertiary/aromatic N) is 1. The third-order valence-corrected chi connectivity index (χ3v) is 10.3. The number of rotatable bonds is 3. The summed E-state index contributed by atoms with van der Waals surface area (Å²) in [6, 6.07) is 6.50. The van der Waals surface area contributed by atoms with Crippen molar-refractivity contribution in [1.82, 2.24) is 0 Å². The van der Waals surface area contributed by atoms with Gasteiger partial charge in [-0.3, -0.25) is 0 Å². The summed E-state index contributed by atoms with van der Waals surface area (Å²) < 4.78 is 2.58. The highest BCUT2D eigenvalue weighted by atomic mass is 35.6. The maximum atomic E-state index is 6.76. The van der Waals surface area contributed by atoms with Crippen LogP contribution in [0.1, 0.15) is 11.1 Å². The lowest BCUT2D eigenvalue weighted by Gasteiger charge is -2.45. The van der Waals surface area contributed by atoms with Gasteiger partial charge in [-0.2, -0.15) is 0 Å². The van der Waals surface area contributed by atoms with Gasteiger partial charge in [0.05, 0.1) is 0 Å². The molecule has 0 atom stereocenters. The summed E-state index contributed by atoms with van der Waals surface area (Å²) in [7, 11) is -3.32. The van der Waals surface area contributed by atoms with Crippen LogP contribution in [0.15, 0.2) is 18.2 Å². The van der Waals surface area contributed by atoms with Gasteiger partial charge in [-0.25, -0.2) is 0 Å². The number of anilines is 1. The van der Waals surface area contributed by atoms with Crippen molar-refractivity contribution in [3.63, 3.8) is 0 Å². The molecule has 0 N–H and O–H groups in total. The average molecular weight is 286 g/mol. The first kappa shape index (κ1) is 14.8. The van der Waals surface area contributed by atoms with Crippen LogP contribution < -0.4 is 4.23 Å². The summed E-state index contributed by atoms with van der Waals surface area (Å²) >= 11 is 6.76. The van der Waals surface area contributed by atoms with E-state index in [0.717, 1.165) is 0 Å². The van der Waals surface area contributed by atoms with Crippen molar-refractivity contribution in [3.05, 3.63) is 29.3 Å². The van der Waals surface area contributed by atoms with Gasteiger partial charge in [0.15, 0.2) is 0 Å². The molecule has 0 unspecified atom stereocenters. The summed E-state index contributed by atoms with van der Waals surface area (Å²) in [6.45, 7) is 15.9. The van der Waals surface area contributed by atoms with Gasteiger partial charge in [-0.15, -0.1) is 11.1 Å². The predicted octanol–water partition coefficient (Wildman–Crippen LogP) is 4.89. The van der Waals surface area contributed by atoms with Crippen LogP contribution in [0, 0.1) is 13.8 Å². The minimum atomic E-state index is -1.86. The van der Waals surface area contributed by atoms with E-state index in [0.29, 0.717) is 0 Å². The summed E-state index contributed by atoms with van der Waals surface area (Å²) in [5.74, 6) is 0. The van der Waals surface area contributed by atoms with Crippen molar-refractivity contribution in [2.45, 2.75) is 46.6 Å². The monoisotopic (exact) mass is 285 g/mol. The topological polar surface area (TPSA) is 3.24 Å². The second-order valence-electron chi connectivity index (χ2n) is 6.16. The number of hydrogen-bond donors (Lipinski definition) is 0. The summed E-state index contributed by atoms with van der Waals surface area (Å²) in [4.78, 5) is 0. The average Bonchev–Trinajstić information content (AvgIpc) is 2.06. The van der Waals surface area contributed by atoms with E-state index >= 15 is 0 Å². The van der Waals surface area contributed by atoms with Crippen molar-refractivity contribution in [2.75, 3.05) is 4.23 Å². The smallest absolute Gasteiger partial charge is 0.241 e. The Morgan fingerprint density at radius 2 is 1.35 bits per heavy atom. The molecule has 0 aliphatic rings. The molecule has 4 heteroatoms. The van der Waals surface area contributed by atoms with Crippen molar-refractivity contribution in [1.29, 1.82) is 0 Å². The Morgan fingerprint density at radius 3 is 1.65 bits per heavy atom. The van der Waals surface area contributed by atoms with Crippen LogP contribution in [-0.2, 0) is 0 Å². The molecule has 17 heavy (non-hydrogen) atoms. The van der Waals surface area contributed by atoms with Crippen LogP contribution in [0.25, 0.3) is 0 Å². The first-order valence-corrected chi connectivity index (χ1v) is 13.5. The van der Waals surface area contributed by atoms with Gasteiger partial charge in [0.25, 0.3) is 0 Å². The third-order valence-electron chi connectivity index (χ3n) is 2.87. The highest BCUT2D eigenvalue weighted by molar-refractivity contribution is 7.26. The molecule has 0 aromatic heterocycles. The van der Waals surface area contributed by atoms with Gasteiger partial charge < -0.3 is 4.23 Å². The minimum absolute atomic E-state index is 1.34. The van der Waals surface area contributed by atoms with E-state index in [9.17, 15) is 0 Å². The van der Waals surface area contributed by atoms with E-state index in [2.05, 4.69) is 69.0 Å². The molecule has 1 nitrogen and oxygen atoms in total. The zero-order chi connectivity index (χ0) is 13.4. The maximum absolute atomic E-state index is 6.76. The Morgan fingerprint density at radius 1 is 0.941 bits per heavy atom. The number of aryl methyl sites for hydroxylation is 2. The molecule has 1 aromatic carbocycles. The predicted molar refractivity (Wildman–Crippen MR) is 85.1 cm³/mol. The van der Waals surface area contributed by atoms with Crippen molar-refractivity contribution in [2.24, 2.45) is 0 Å². The van der Waals surface area contributed by atoms with Crippen molar-refractivity contribution in [3.8, 4) is 0 Å². The molecule has 1 rings (SSSR count). The number of halogens is 1. The van der Waals surface area contributed by atoms with E-state index in [1.54, 1.807) is 0 Å². The maximum Gasteiger partial charge on any atom is 0.241 e. The second-order valence-corrected chi connectivity index (χ2v) is 17.4. The Balaban J connectivity index is 3.44. The number of para-hydroxylation sites is 1. The highest BCUT2D eigenvalue weighted by Crippen LogP contribution is 2.34. The molecular weight excluding hydrogens is 262 g/mol. The van der Waals surface area contributed by atoms with Crippen molar-refractivity contribution < 1.29 is 0 Å². The van der Waals surface area contributed by atoms with Gasteiger partial charge >= 0.3 is 0 Å². The highest BCUT2D eigenvalue weighted by Gasteiger charge is 2.38. The summed E-state index contributed by atoms with van der Waals surface area (Å²) in [6.07, 6.45) is 0. The van der Waals surface area contributed by atoms with E-state index in [-0.39, 0.29) is 0 Å². The lowest BCUT2D eigenvalue weighted by atomic mass is 10.1. The molecule has 0 saturated heterocycles. The number of hydrogen-bond acceptors (Lipinski definition) is 1. The third kappa shape index (κ3) is 3.36. The minimum Gasteiger partial charge on any atom is -0.413 e. The quantitative estimate of drug-likeness (QED) is 0.565. The molecule has 1 aromatic rings. The standard InChI is InChI=1S/C13H24ClNSi2/c1-11-9-8-10-12(2)13(11)15(16(3,4)5)17(6,7)14/h8-10H,1-7H3. The molecule has 0 spiro atoms. The molecule has 0 fully saturated rings. The Labute approximate surface area is 113 Å². The van der Waals surface area contributed by atoms with E-state index in [1.165, 1.54) is 16.8 Å². The Hall–Kier alpha value is -0.256. The first-order valence-electron chi connectivity index (χ1n) is 6.10. The van der Waals surface area contributed by atoms with Crippen LogP contribution in [0.2, 0.25) is 32.7 Å². The zero-order valence-corrected chi connectivity index (χ0v) is 14.8. The normalized spacial score (nSPS) is 12.7. The lowest BCUT2D eigenvalue weighted by Crippen LogP contribution is -2.59. The molecule has 0 amide bonds. The molecular formula is C13H24ClNSi2. The largest absolute Gasteiger partial charge is 0.413 e. The van der Waals surface area contributed by atoms with E-state index < -0.39 is 15.8 Å². The molecule has 0 bridgehead atoms. The SMILES string of the molecule is Cc1cccc(C)c1N([Si](C)(C)C)[Si](C)(C)Cl. The van der Waals surface area contributed by atoms with Crippen LogP contribution in [0.3, 0.4) is 0 Å². The van der Waals surface area contributed by atoms with Crippen LogP contribution in [0.4, 0.5) is 5.69 Å². The van der Waals surface area contributed by atoms with Gasteiger partial charge in [-0.1, -0.05) is 37.8 Å².